The summed E-state index contributed by atoms with van der Waals surface area (Å²) < 4.78 is 46.9. The summed E-state index contributed by atoms with van der Waals surface area (Å²) in [5.74, 6) is 0.411. The van der Waals surface area contributed by atoms with E-state index in [2.05, 4.69) is 22.1 Å². The third-order valence-electron chi connectivity index (χ3n) is 8.36. The molecule has 4 heterocycles. The zero-order valence-corrected chi connectivity index (χ0v) is 21.5. The summed E-state index contributed by atoms with van der Waals surface area (Å²) in [6.07, 6.45) is 6.17. The molecule has 1 saturated carbocycles. The van der Waals surface area contributed by atoms with E-state index in [0.717, 1.165) is 54.8 Å². The van der Waals surface area contributed by atoms with Crippen LogP contribution < -0.4 is 5.69 Å². The van der Waals surface area contributed by atoms with Gasteiger partial charge in [-0.15, -0.1) is 0 Å². The Morgan fingerprint density at radius 2 is 1.95 bits per heavy atom. The second kappa shape index (κ2) is 9.48. The van der Waals surface area contributed by atoms with Crippen molar-refractivity contribution in [2.45, 2.75) is 63.7 Å². The van der Waals surface area contributed by atoms with Gasteiger partial charge in [-0.2, -0.15) is 13.2 Å². The molecule has 7 nitrogen and oxygen atoms in total. The molecule has 10 heteroatoms. The molecule has 3 aromatic rings. The van der Waals surface area contributed by atoms with Crippen molar-refractivity contribution in [3.8, 4) is 5.69 Å². The molecular formula is C28H31F3N6O+. The number of likely N-dealkylation sites (N-methyl/N-ethyl adjacent to an activating group) is 1. The topological polar surface area (TPSA) is 57.4 Å². The van der Waals surface area contributed by atoms with Gasteiger partial charge in [0.15, 0.2) is 0 Å². The average Bonchev–Trinajstić information content (AvgIpc) is 3.55. The largest absolute Gasteiger partial charge is 0.418 e. The van der Waals surface area contributed by atoms with E-state index in [-0.39, 0.29) is 11.4 Å². The van der Waals surface area contributed by atoms with Crippen LogP contribution in [0.5, 0.6) is 0 Å². The number of imidazole rings is 1. The lowest BCUT2D eigenvalue weighted by molar-refractivity contribution is -0.480. The minimum Gasteiger partial charge on any atom is -0.296 e. The van der Waals surface area contributed by atoms with Gasteiger partial charge in [-0.1, -0.05) is 18.6 Å². The van der Waals surface area contributed by atoms with Crippen molar-refractivity contribution in [1.82, 2.24) is 13.9 Å². The molecule has 0 amide bonds. The predicted octanol–water partition coefficient (Wildman–Crippen LogP) is 5.60. The van der Waals surface area contributed by atoms with Crippen LogP contribution in [0, 0.1) is 12.1 Å². The first-order valence-electron chi connectivity index (χ1n) is 13.2. The van der Waals surface area contributed by atoms with Gasteiger partial charge in [0.1, 0.15) is 0 Å². The van der Waals surface area contributed by atoms with E-state index in [9.17, 15) is 18.0 Å². The maximum atomic E-state index is 14.2. The predicted molar refractivity (Wildman–Crippen MR) is 138 cm³/mol. The fourth-order valence-corrected chi connectivity index (χ4v) is 6.05. The van der Waals surface area contributed by atoms with E-state index in [4.69, 9.17) is 0 Å². The van der Waals surface area contributed by atoms with Crippen LogP contribution in [-0.4, -0.2) is 44.4 Å². The van der Waals surface area contributed by atoms with Crippen LogP contribution in [0.25, 0.3) is 11.2 Å². The van der Waals surface area contributed by atoms with Crippen molar-refractivity contribution < 1.29 is 17.7 Å². The third-order valence-corrected chi connectivity index (χ3v) is 8.36. The summed E-state index contributed by atoms with van der Waals surface area (Å²) in [6, 6.07) is 9.02. The van der Waals surface area contributed by atoms with E-state index in [0.29, 0.717) is 29.8 Å². The molecule has 2 aromatic heterocycles. The molecule has 0 unspecified atom stereocenters. The highest BCUT2D eigenvalue weighted by atomic mass is 19.4. The number of hydrogen-bond donors (Lipinski definition) is 0. The zero-order chi connectivity index (χ0) is 26.6. The molecule has 0 bridgehead atoms. The van der Waals surface area contributed by atoms with Crippen molar-refractivity contribution in [3.05, 3.63) is 76.1 Å². The van der Waals surface area contributed by atoms with Crippen LogP contribution in [0.3, 0.4) is 0 Å². The summed E-state index contributed by atoms with van der Waals surface area (Å²) in [5.41, 5.74) is 0.545. The Balaban J connectivity index is 1.43. The van der Waals surface area contributed by atoms with E-state index in [1.807, 2.05) is 29.8 Å². The number of nitrogens with zero attached hydrogens (tertiary/aromatic N) is 6. The molecule has 2 fully saturated rings. The van der Waals surface area contributed by atoms with Gasteiger partial charge in [0.2, 0.25) is 0 Å². The monoisotopic (exact) mass is 524 g/mol. The smallest absolute Gasteiger partial charge is 0.296 e. The quantitative estimate of drug-likeness (QED) is 0.394. The molecule has 1 aliphatic carbocycles. The van der Waals surface area contributed by atoms with E-state index in [1.165, 1.54) is 16.8 Å². The highest BCUT2D eigenvalue weighted by Gasteiger charge is 2.42. The van der Waals surface area contributed by atoms with Crippen LogP contribution >= 0.6 is 0 Å². The van der Waals surface area contributed by atoms with Gasteiger partial charge in [0.05, 0.1) is 34.8 Å². The van der Waals surface area contributed by atoms with Gasteiger partial charge in [0.25, 0.3) is 0 Å². The molecule has 0 N–H and O–H groups in total. The van der Waals surface area contributed by atoms with E-state index in [1.54, 1.807) is 18.6 Å². The second-order valence-corrected chi connectivity index (χ2v) is 10.8. The average molecular weight is 525 g/mol. The molecule has 2 atom stereocenters. The molecule has 1 aromatic carbocycles. The Hall–Kier alpha value is -3.27. The summed E-state index contributed by atoms with van der Waals surface area (Å²) in [5, 5.41) is 8.42. The number of hydrogen-bond acceptors (Lipinski definition) is 4. The van der Waals surface area contributed by atoms with Crippen molar-refractivity contribution in [2.24, 2.45) is 16.1 Å². The number of halogens is 3. The molecule has 38 heavy (non-hydrogen) atoms. The van der Waals surface area contributed by atoms with Crippen LogP contribution in [-0.2, 0) is 12.7 Å². The second-order valence-electron chi connectivity index (χ2n) is 10.8. The fraction of sp³-hybridized carbons (Fsp3) is 0.464. The number of aromatic nitrogens is 2. The summed E-state index contributed by atoms with van der Waals surface area (Å²) in [7, 11) is 1.91. The minimum atomic E-state index is -4.58. The lowest BCUT2D eigenvalue weighted by Gasteiger charge is -2.34. The number of fused-ring (bicyclic) bond motifs is 1. The van der Waals surface area contributed by atoms with Crippen LogP contribution in [0.2, 0.25) is 0 Å². The van der Waals surface area contributed by atoms with Gasteiger partial charge >= 0.3 is 24.4 Å². The molecule has 199 valence electrons. The normalized spacial score (nSPS) is 21.8. The molecular weight excluding hydrogens is 493 g/mol. The molecule has 6 rings (SSSR count). The Bertz CT molecular complexity index is 1480. The maximum Gasteiger partial charge on any atom is 0.418 e. The lowest BCUT2D eigenvalue weighted by atomic mass is 9.71. The molecule has 0 spiro atoms. The number of azo groups is 1. The van der Waals surface area contributed by atoms with Gasteiger partial charge in [-0.25, -0.2) is 9.37 Å². The van der Waals surface area contributed by atoms with E-state index >= 15 is 0 Å². The summed E-state index contributed by atoms with van der Waals surface area (Å²) in [6.45, 7) is 3.31. The van der Waals surface area contributed by atoms with Gasteiger partial charge in [-0.3, -0.25) is 13.9 Å². The number of alkyl halides is 3. The molecule has 1 radical (unpaired) electrons. The Morgan fingerprint density at radius 3 is 2.58 bits per heavy atom. The Kier molecular flexibility index (Phi) is 6.25. The first kappa shape index (κ1) is 25.0. The van der Waals surface area contributed by atoms with Gasteiger partial charge in [-0.05, 0) is 79.5 Å². The zero-order valence-electron chi connectivity index (χ0n) is 21.5. The Labute approximate surface area is 218 Å². The minimum absolute atomic E-state index is 0.00345. The van der Waals surface area contributed by atoms with Crippen molar-refractivity contribution >= 4 is 11.9 Å². The number of pyridine rings is 1. The van der Waals surface area contributed by atoms with Gasteiger partial charge in [0, 0.05) is 25.0 Å². The highest BCUT2D eigenvalue weighted by molar-refractivity contribution is 5.58. The summed E-state index contributed by atoms with van der Waals surface area (Å²) in [4.78, 5) is 15.7. The number of rotatable bonds is 6. The lowest BCUT2D eigenvalue weighted by Crippen LogP contribution is -2.29. The maximum absolute atomic E-state index is 14.2. The third kappa shape index (κ3) is 4.38. The first-order chi connectivity index (χ1) is 18.2. The van der Waals surface area contributed by atoms with Crippen LogP contribution in [0.15, 0.2) is 57.7 Å². The molecule has 2 aliphatic heterocycles. The highest BCUT2D eigenvalue weighted by Crippen LogP contribution is 2.46. The van der Waals surface area contributed by atoms with Crippen molar-refractivity contribution in [3.63, 3.8) is 0 Å². The number of likely N-dealkylation sites (tertiary alicyclic amines) is 1. The molecule has 1 saturated heterocycles. The van der Waals surface area contributed by atoms with Crippen LogP contribution in [0.1, 0.15) is 61.6 Å². The van der Waals surface area contributed by atoms with Crippen LogP contribution in [0.4, 0.5) is 13.2 Å². The van der Waals surface area contributed by atoms with E-state index < -0.39 is 17.4 Å². The standard InChI is InChI=1S/C28H31F3N6O/c1-18-6-5-11-35(18)14-19-12-23(28(29,30)31)24-16-36(27(38)37(24)15-19)22-10-4-9-21(13-22)25(20-7-3-8-20)26-33-32-17-34(26)2/h4,9-10,12-13,15-18,20,25H,3,5-8,11,14H2,1-2H3/q+1/t18-,25+/m1/s1. The fourth-order valence-electron chi connectivity index (χ4n) is 6.05. The first-order valence-corrected chi connectivity index (χ1v) is 13.2. The SMILES string of the molecule is C[C@@H]1CCCN1Cc1cc(C(F)(F)F)c2cn(-c3cccc([C@@H]([C]4N=NC=[N+]4C)C4CCC4)c3)c(=O)n2c1. The Morgan fingerprint density at radius 1 is 1.13 bits per heavy atom. The van der Waals surface area contributed by atoms with Crippen molar-refractivity contribution in [1.29, 1.82) is 0 Å². The molecule has 3 aliphatic rings. The number of benzene rings is 1. The van der Waals surface area contributed by atoms with Gasteiger partial charge < -0.3 is 0 Å². The van der Waals surface area contributed by atoms with Crippen molar-refractivity contribution in [2.75, 3.05) is 13.6 Å². The summed E-state index contributed by atoms with van der Waals surface area (Å²) >= 11 is 0.